The van der Waals surface area contributed by atoms with Crippen molar-refractivity contribution in [2.24, 2.45) is 11.1 Å². The van der Waals surface area contributed by atoms with Crippen LogP contribution in [0.5, 0.6) is 0 Å². The third-order valence-electron chi connectivity index (χ3n) is 2.41. The van der Waals surface area contributed by atoms with Gasteiger partial charge >= 0.3 is 0 Å². The first-order valence-corrected chi connectivity index (χ1v) is 5.38. The van der Waals surface area contributed by atoms with E-state index in [-0.39, 0.29) is 17.4 Å². The number of hydrogen-bond donors (Lipinski definition) is 2. The minimum Gasteiger partial charge on any atom is -0.382 e. The van der Waals surface area contributed by atoms with Gasteiger partial charge in [0, 0.05) is 20.8 Å². The minimum atomic E-state index is -0.521. The highest BCUT2D eigenvalue weighted by Crippen LogP contribution is 2.17. The summed E-state index contributed by atoms with van der Waals surface area (Å²) < 4.78 is 10.1. The summed E-state index contributed by atoms with van der Waals surface area (Å²) in [4.78, 5) is 11.7. The molecule has 0 radical (unpaired) electrons. The highest BCUT2D eigenvalue weighted by molar-refractivity contribution is 5.82. The van der Waals surface area contributed by atoms with E-state index in [4.69, 9.17) is 15.2 Å². The zero-order valence-corrected chi connectivity index (χ0v) is 10.9. The van der Waals surface area contributed by atoms with Gasteiger partial charge in [-0.1, -0.05) is 20.8 Å². The molecule has 0 aromatic rings. The van der Waals surface area contributed by atoms with Crippen LogP contribution >= 0.6 is 0 Å². The van der Waals surface area contributed by atoms with Crippen LogP contribution in [0.3, 0.4) is 0 Å². The molecule has 0 saturated carbocycles. The van der Waals surface area contributed by atoms with Crippen LogP contribution in [0.4, 0.5) is 0 Å². The van der Waals surface area contributed by atoms with E-state index in [0.29, 0.717) is 13.2 Å². The molecule has 16 heavy (non-hydrogen) atoms. The van der Waals surface area contributed by atoms with Gasteiger partial charge in [-0.05, 0) is 5.41 Å². The number of rotatable bonds is 6. The number of nitrogens with two attached hydrogens (primary N) is 1. The average Bonchev–Trinajstić information content (AvgIpc) is 2.21. The van der Waals surface area contributed by atoms with Gasteiger partial charge in [0.1, 0.15) is 0 Å². The van der Waals surface area contributed by atoms with Gasteiger partial charge in [0.2, 0.25) is 5.91 Å². The van der Waals surface area contributed by atoms with Crippen LogP contribution in [0.1, 0.15) is 20.8 Å². The molecule has 0 aromatic carbocycles. The SMILES string of the molecule is COCC(CNC(=O)[C@@H](N)C(C)(C)C)OC. The number of hydrogen-bond acceptors (Lipinski definition) is 4. The zero-order chi connectivity index (χ0) is 12.8. The quantitative estimate of drug-likeness (QED) is 0.683. The van der Waals surface area contributed by atoms with Gasteiger partial charge in [0.05, 0.1) is 18.8 Å². The molecule has 0 spiro atoms. The minimum absolute atomic E-state index is 0.138. The van der Waals surface area contributed by atoms with Crippen molar-refractivity contribution in [3.05, 3.63) is 0 Å². The topological polar surface area (TPSA) is 73.6 Å². The predicted molar refractivity (Wildman–Crippen MR) is 63.1 cm³/mol. The molecule has 0 aliphatic rings. The van der Waals surface area contributed by atoms with Crippen molar-refractivity contribution in [1.29, 1.82) is 0 Å². The summed E-state index contributed by atoms with van der Waals surface area (Å²) in [7, 11) is 3.17. The smallest absolute Gasteiger partial charge is 0.237 e. The summed E-state index contributed by atoms with van der Waals surface area (Å²) in [6, 6.07) is -0.521. The second kappa shape index (κ2) is 6.83. The molecule has 0 bridgehead atoms. The number of nitrogens with one attached hydrogen (secondary N) is 1. The lowest BCUT2D eigenvalue weighted by Crippen LogP contribution is -2.50. The van der Waals surface area contributed by atoms with E-state index in [1.165, 1.54) is 0 Å². The van der Waals surface area contributed by atoms with Crippen molar-refractivity contribution in [1.82, 2.24) is 5.32 Å². The predicted octanol–water partition coefficient (Wildman–Crippen LogP) is 0.137. The Kier molecular flexibility index (Phi) is 6.55. The summed E-state index contributed by atoms with van der Waals surface area (Å²) in [5.41, 5.74) is 5.57. The zero-order valence-electron chi connectivity index (χ0n) is 10.9. The summed E-state index contributed by atoms with van der Waals surface area (Å²) in [6.07, 6.45) is -0.138. The summed E-state index contributed by atoms with van der Waals surface area (Å²) in [6.45, 7) is 6.65. The molecule has 5 heteroatoms. The maximum atomic E-state index is 11.7. The summed E-state index contributed by atoms with van der Waals surface area (Å²) in [5, 5.41) is 2.76. The molecule has 0 rings (SSSR count). The first-order valence-electron chi connectivity index (χ1n) is 5.38. The van der Waals surface area contributed by atoms with Gasteiger partial charge in [-0.25, -0.2) is 0 Å². The lowest BCUT2D eigenvalue weighted by molar-refractivity contribution is -0.125. The molecule has 1 amide bonds. The van der Waals surface area contributed by atoms with Gasteiger partial charge in [-0.2, -0.15) is 0 Å². The fourth-order valence-corrected chi connectivity index (χ4v) is 1.11. The Morgan fingerprint density at radius 3 is 2.31 bits per heavy atom. The Bertz CT molecular complexity index is 214. The van der Waals surface area contributed by atoms with Crippen LogP contribution in [0.25, 0.3) is 0 Å². The number of ether oxygens (including phenoxy) is 2. The molecule has 96 valence electrons. The molecule has 2 atom stereocenters. The maximum absolute atomic E-state index is 11.7. The molecule has 0 saturated heterocycles. The van der Waals surface area contributed by atoms with Gasteiger partial charge in [0.25, 0.3) is 0 Å². The largest absolute Gasteiger partial charge is 0.382 e. The standard InChI is InChI=1S/C11H24N2O3/c1-11(2,3)9(12)10(14)13-6-8(16-5)7-15-4/h8-9H,6-7,12H2,1-5H3,(H,13,14)/t8?,9-/m1/s1. The van der Waals surface area contributed by atoms with Crippen molar-refractivity contribution in [3.63, 3.8) is 0 Å². The van der Waals surface area contributed by atoms with Crippen LogP contribution in [-0.2, 0) is 14.3 Å². The van der Waals surface area contributed by atoms with Crippen LogP contribution in [0.15, 0.2) is 0 Å². The van der Waals surface area contributed by atoms with Crippen molar-refractivity contribution in [3.8, 4) is 0 Å². The first-order chi connectivity index (χ1) is 7.32. The fraction of sp³-hybridized carbons (Fsp3) is 0.909. The average molecular weight is 232 g/mol. The first kappa shape index (κ1) is 15.3. The van der Waals surface area contributed by atoms with Crippen molar-refractivity contribution in [2.75, 3.05) is 27.4 Å². The lowest BCUT2D eigenvalue weighted by Gasteiger charge is -2.26. The van der Waals surface area contributed by atoms with Crippen LogP contribution in [0.2, 0.25) is 0 Å². The molecular formula is C11H24N2O3. The lowest BCUT2D eigenvalue weighted by atomic mass is 9.87. The number of carbonyl (C=O) groups is 1. The summed E-state index contributed by atoms with van der Waals surface area (Å²) >= 11 is 0. The van der Waals surface area contributed by atoms with Crippen LogP contribution in [-0.4, -0.2) is 45.4 Å². The van der Waals surface area contributed by atoms with E-state index in [2.05, 4.69) is 5.32 Å². The van der Waals surface area contributed by atoms with E-state index < -0.39 is 6.04 Å². The van der Waals surface area contributed by atoms with Gasteiger partial charge in [-0.3, -0.25) is 4.79 Å². The van der Waals surface area contributed by atoms with E-state index >= 15 is 0 Å². The molecule has 3 N–H and O–H groups in total. The molecule has 0 fully saturated rings. The maximum Gasteiger partial charge on any atom is 0.237 e. The van der Waals surface area contributed by atoms with Gasteiger partial charge in [-0.15, -0.1) is 0 Å². The highest BCUT2D eigenvalue weighted by atomic mass is 16.5. The normalized spacial score (nSPS) is 15.6. The Hall–Kier alpha value is -0.650. The molecule has 0 aliphatic heterocycles. The second-order valence-corrected chi connectivity index (χ2v) is 4.90. The summed E-state index contributed by atoms with van der Waals surface area (Å²) in [5.74, 6) is -0.161. The van der Waals surface area contributed by atoms with Gasteiger partial charge in [0.15, 0.2) is 0 Å². The molecule has 0 heterocycles. The van der Waals surface area contributed by atoms with Crippen molar-refractivity contribution >= 4 is 5.91 Å². The van der Waals surface area contributed by atoms with E-state index in [9.17, 15) is 4.79 Å². The molecule has 0 aliphatic carbocycles. The van der Waals surface area contributed by atoms with E-state index in [1.807, 2.05) is 20.8 Å². The molecular weight excluding hydrogens is 208 g/mol. The Labute approximate surface area is 97.7 Å². The van der Waals surface area contributed by atoms with Crippen LogP contribution < -0.4 is 11.1 Å². The van der Waals surface area contributed by atoms with Gasteiger partial charge < -0.3 is 20.5 Å². The molecule has 5 nitrogen and oxygen atoms in total. The third kappa shape index (κ3) is 5.44. The number of methoxy groups -OCH3 is 2. The van der Waals surface area contributed by atoms with E-state index in [1.54, 1.807) is 14.2 Å². The Morgan fingerprint density at radius 2 is 1.94 bits per heavy atom. The highest BCUT2D eigenvalue weighted by Gasteiger charge is 2.27. The van der Waals surface area contributed by atoms with Crippen molar-refractivity contribution < 1.29 is 14.3 Å². The number of carbonyl (C=O) groups excluding carboxylic acids is 1. The van der Waals surface area contributed by atoms with Crippen LogP contribution in [0, 0.1) is 5.41 Å². The number of amides is 1. The molecule has 1 unspecified atom stereocenters. The second-order valence-electron chi connectivity index (χ2n) is 4.90. The van der Waals surface area contributed by atoms with E-state index in [0.717, 1.165) is 0 Å². The fourth-order valence-electron chi connectivity index (χ4n) is 1.11. The Morgan fingerprint density at radius 1 is 1.38 bits per heavy atom. The third-order valence-corrected chi connectivity index (χ3v) is 2.41. The monoisotopic (exact) mass is 232 g/mol. The Balaban J connectivity index is 4.06. The molecule has 0 aromatic heterocycles. The van der Waals surface area contributed by atoms with Crippen molar-refractivity contribution in [2.45, 2.75) is 32.9 Å².